The lowest BCUT2D eigenvalue weighted by atomic mass is 10.2. The number of hydrogen-bond acceptors (Lipinski definition) is 4. The molecule has 1 aromatic carbocycles. The van der Waals surface area contributed by atoms with Crippen LogP contribution in [0.1, 0.15) is 10.4 Å². The number of rotatable bonds is 4. The van der Waals surface area contributed by atoms with Crippen molar-refractivity contribution in [3.05, 3.63) is 44.6 Å². The molecule has 102 valence electrons. The minimum absolute atomic E-state index is 0.222. The van der Waals surface area contributed by atoms with Crippen LogP contribution in [0.4, 0.5) is 5.69 Å². The molecule has 0 atom stereocenters. The van der Waals surface area contributed by atoms with Crippen molar-refractivity contribution >= 4 is 43.0 Å². The number of anilines is 1. The van der Waals surface area contributed by atoms with E-state index in [9.17, 15) is 8.42 Å². The SMILES string of the molecule is Cc1c(N)cccc1S(=O)(=O)NCc1sccc1Br. The lowest BCUT2D eigenvalue weighted by molar-refractivity contribution is 0.581. The van der Waals surface area contributed by atoms with Gasteiger partial charge < -0.3 is 5.73 Å². The molecule has 2 aromatic rings. The smallest absolute Gasteiger partial charge is 0.241 e. The third kappa shape index (κ3) is 3.17. The number of sulfonamides is 1. The minimum atomic E-state index is -3.55. The predicted octanol–water partition coefficient (Wildman–Crippen LogP) is 2.88. The Morgan fingerprint density at radius 3 is 2.74 bits per heavy atom. The summed E-state index contributed by atoms with van der Waals surface area (Å²) in [6.45, 7) is 1.96. The van der Waals surface area contributed by atoms with Crippen LogP contribution in [0.15, 0.2) is 39.0 Å². The lowest BCUT2D eigenvalue weighted by Crippen LogP contribution is -2.24. The van der Waals surface area contributed by atoms with Gasteiger partial charge in [-0.05, 0) is 52.0 Å². The molecule has 0 bridgehead atoms. The largest absolute Gasteiger partial charge is 0.398 e. The van der Waals surface area contributed by atoms with Crippen molar-refractivity contribution in [1.29, 1.82) is 0 Å². The molecule has 0 unspecified atom stereocenters. The number of nitrogen functional groups attached to an aromatic ring is 1. The summed E-state index contributed by atoms with van der Waals surface area (Å²) in [6, 6.07) is 6.76. The molecule has 4 nitrogen and oxygen atoms in total. The van der Waals surface area contributed by atoms with Gasteiger partial charge in [-0.2, -0.15) is 0 Å². The van der Waals surface area contributed by atoms with Gasteiger partial charge in [0.1, 0.15) is 0 Å². The van der Waals surface area contributed by atoms with E-state index in [1.807, 2.05) is 11.4 Å². The maximum Gasteiger partial charge on any atom is 0.241 e. The second-order valence-electron chi connectivity index (χ2n) is 3.99. The first-order chi connectivity index (χ1) is 8.92. The van der Waals surface area contributed by atoms with E-state index < -0.39 is 10.0 Å². The molecule has 19 heavy (non-hydrogen) atoms. The van der Waals surface area contributed by atoms with Gasteiger partial charge in [-0.25, -0.2) is 13.1 Å². The number of hydrogen-bond donors (Lipinski definition) is 2. The average Bonchev–Trinajstić information content (AvgIpc) is 2.76. The van der Waals surface area contributed by atoms with Crippen LogP contribution in [0, 0.1) is 6.92 Å². The zero-order valence-electron chi connectivity index (χ0n) is 10.2. The summed E-state index contributed by atoms with van der Waals surface area (Å²) < 4.78 is 28.0. The Kier molecular flexibility index (Phi) is 4.29. The summed E-state index contributed by atoms with van der Waals surface area (Å²) in [4.78, 5) is 1.16. The van der Waals surface area contributed by atoms with Crippen molar-refractivity contribution in [2.45, 2.75) is 18.4 Å². The van der Waals surface area contributed by atoms with Crippen LogP contribution in [0.5, 0.6) is 0 Å². The van der Waals surface area contributed by atoms with E-state index in [4.69, 9.17) is 5.73 Å². The number of halogens is 1. The zero-order chi connectivity index (χ0) is 14.0. The van der Waals surface area contributed by atoms with Crippen molar-refractivity contribution in [3.63, 3.8) is 0 Å². The number of thiophene rings is 1. The molecular weight excluding hydrogens is 348 g/mol. The highest BCUT2D eigenvalue weighted by Crippen LogP contribution is 2.24. The van der Waals surface area contributed by atoms with Crippen LogP contribution in [0.25, 0.3) is 0 Å². The highest BCUT2D eigenvalue weighted by molar-refractivity contribution is 9.10. The first kappa shape index (κ1) is 14.5. The molecule has 0 saturated heterocycles. The molecule has 1 heterocycles. The summed E-state index contributed by atoms with van der Waals surface area (Å²) in [5, 5.41) is 1.90. The van der Waals surface area contributed by atoms with Crippen molar-refractivity contribution in [3.8, 4) is 0 Å². The Morgan fingerprint density at radius 1 is 1.37 bits per heavy atom. The molecule has 0 saturated carbocycles. The first-order valence-electron chi connectivity index (χ1n) is 5.48. The zero-order valence-corrected chi connectivity index (χ0v) is 13.4. The molecule has 0 aliphatic heterocycles. The van der Waals surface area contributed by atoms with E-state index in [2.05, 4.69) is 20.7 Å². The van der Waals surface area contributed by atoms with Crippen molar-refractivity contribution in [1.82, 2.24) is 4.72 Å². The third-order valence-corrected chi connectivity index (χ3v) is 6.20. The quantitative estimate of drug-likeness (QED) is 0.823. The number of nitrogens with two attached hydrogens (primary N) is 1. The summed E-state index contributed by atoms with van der Waals surface area (Å²) in [6.07, 6.45) is 0. The Bertz CT molecular complexity index is 696. The Labute approximate surface area is 124 Å². The lowest BCUT2D eigenvalue weighted by Gasteiger charge is -2.10. The number of nitrogens with one attached hydrogen (secondary N) is 1. The molecule has 0 aliphatic rings. The van der Waals surface area contributed by atoms with E-state index in [0.29, 0.717) is 11.3 Å². The molecule has 1 aromatic heterocycles. The molecule has 3 N–H and O–H groups in total. The summed E-state index contributed by atoms with van der Waals surface area (Å²) in [5.74, 6) is 0. The highest BCUT2D eigenvalue weighted by Gasteiger charge is 2.18. The summed E-state index contributed by atoms with van der Waals surface area (Å²) in [7, 11) is -3.55. The normalized spacial score (nSPS) is 11.7. The second kappa shape index (κ2) is 5.62. The van der Waals surface area contributed by atoms with Gasteiger partial charge in [-0.3, -0.25) is 0 Å². The molecule has 0 aliphatic carbocycles. The van der Waals surface area contributed by atoms with Crippen molar-refractivity contribution in [2.75, 3.05) is 5.73 Å². The van der Waals surface area contributed by atoms with Gasteiger partial charge in [0, 0.05) is 21.6 Å². The maximum absolute atomic E-state index is 12.2. The molecule has 0 radical (unpaired) electrons. The van der Waals surface area contributed by atoms with Gasteiger partial charge in [0.05, 0.1) is 4.90 Å². The van der Waals surface area contributed by atoms with Crippen LogP contribution >= 0.6 is 27.3 Å². The van der Waals surface area contributed by atoms with Crippen LogP contribution in [0.3, 0.4) is 0 Å². The van der Waals surface area contributed by atoms with E-state index in [1.165, 1.54) is 11.3 Å². The number of benzene rings is 1. The average molecular weight is 361 g/mol. The fourth-order valence-electron chi connectivity index (χ4n) is 1.61. The van der Waals surface area contributed by atoms with E-state index in [0.717, 1.165) is 9.35 Å². The van der Waals surface area contributed by atoms with Crippen LogP contribution in [-0.4, -0.2) is 8.42 Å². The Balaban J connectivity index is 2.24. The van der Waals surface area contributed by atoms with Crippen LogP contribution in [-0.2, 0) is 16.6 Å². The van der Waals surface area contributed by atoms with Gasteiger partial charge in [-0.15, -0.1) is 11.3 Å². The molecule has 0 spiro atoms. The van der Waals surface area contributed by atoms with Gasteiger partial charge in [0.15, 0.2) is 0 Å². The van der Waals surface area contributed by atoms with Gasteiger partial charge in [0.2, 0.25) is 10.0 Å². The molecule has 0 fully saturated rings. The van der Waals surface area contributed by atoms with Crippen molar-refractivity contribution in [2.24, 2.45) is 0 Å². The fraction of sp³-hybridized carbons (Fsp3) is 0.167. The first-order valence-corrected chi connectivity index (χ1v) is 8.64. The second-order valence-corrected chi connectivity index (χ2v) is 7.58. The van der Waals surface area contributed by atoms with E-state index >= 15 is 0 Å². The Morgan fingerprint density at radius 2 is 2.11 bits per heavy atom. The van der Waals surface area contributed by atoms with Gasteiger partial charge in [0.25, 0.3) is 0 Å². The Hall–Kier alpha value is -0.890. The van der Waals surface area contributed by atoms with E-state index in [-0.39, 0.29) is 11.4 Å². The maximum atomic E-state index is 12.2. The highest BCUT2D eigenvalue weighted by atomic mass is 79.9. The van der Waals surface area contributed by atoms with Crippen molar-refractivity contribution < 1.29 is 8.42 Å². The molecule has 7 heteroatoms. The fourth-order valence-corrected chi connectivity index (χ4v) is 4.40. The third-order valence-electron chi connectivity index (χ3n) is 2.73. The van der Waals surface area contributed by atoms with Crippen LogP contribution in [0.2, 0.25) is 0 Å². The molecule has 2 rings (SSSR count). The van der Waals surface area contributed by atoms with E-state index in [1.54, 1.807) is 25.1 Å². The minimum Gasteiger partial charge on any atom is -0.398 e. The predicted molar refractivity (Wildman–Crippen MR) is 81.6 cm³/mol. The van der Waals surface area contributed by atoms with Gasteiger partial charge >= 0.3 is 0 Å². The summed E-state index contributed by atoms with van der Waals surface area (Å²) in [5.41, 5.74) is 6.78. The monoisotopic (exact) mass is 360 g/mol. The van der Waals surface area contributed by atoms with Crippen LogP contribution < -0.4 is 10.5 Å². The van der Waals surface area contributed by atoms with Gasteiger partial charge in [-0.1, -0.05) is 6.07 Å². The topological polar surface area (TPSA) is 72.2 Å². The summed E-state index contributed by atoms with van der Waals surface area (Å²) >= 11 is 4.87. The molecular formula is C12H13BrN2O2S2. The standard InChI is InChI=1S/C12H13BrN2O2S2/c1-8-10(14)3-2-4-12(8)19(16,17)15-7-11-9(13)5-6-18-11/h2-6,15H,7,14H2,1H3. The molecule has 0 amide bonds.